The summed E-state index contributed by atoms with van der Waals surface area (Å²) in [5.74, 6) is -0.0840. The third-order valence-electron chi connectivity index (χ3n) is 7.55. The van der Waals surface area contributed by atoms with Crippen molar-refractivity contribution in [2.45, 2.75) is 18.9 Å². The number of rotatable bonds is 5. The highest BCUT2D eigenvalue weighted by molar-refractivity contribution is 9.10. The van der Waals surface area contributed by atoms with E-state index >= 15 is 0 Å². The standard InChI is InChI=1S/C31H26BrClN4O3/c32-25-5-2-1-4-24(25)31(40)35-26-15-20(30(39)34-23-11-9-22(33)10-12-23)8-13-28(26)36-16-19-14-21(18-36)27-6-3-7-29(38)37(27)17-19/h1-13,15,19,21H,14,16-18H2,(H,34,39)(H,35,40)/t19-,21+/m1/s1. The van der Waals surface area contributed by atoms with Gasteiger partial charge in [-0.2, -0.15) is 0 Å². The molecule has 9 heteroatoms. The molecule has 4 aromatic rings. The van der Waals surface area contributed by atoms with E-state index in [9.17, 15) is 14.4 Å². The minimum absolute atomic E-state index is 0.0399. The SMILES string of the molecule is O=C(Nc1ccc(Cl)cc1)c1ccc(N2C[C@H]3C[C@@H](C2)c2cccc(=O)n2C3)c(NC(=O)c2ccccc2Br)c1. The summed E-state index contributed by atoms with van der Waals surface area (Å²) >= 11 is 9.45. The molecule has 2 N–H and O–H groups in total. The van der Waals surface area contributed by atoms with Gasteiger partial charge in [0, 0.05) is 58.1 Å². The molecule has 1 aromatic heterocycles. The van der Waals surface area contributed by atoms with Crippen LogP contribution in [0.3, 0.4) is 0 Å². The van der Waals surface area contributed by atoms with E-state index in [1.54, 1.807) is 48.5 Å². The Labute approximate surface area is 244 Å². The molecule has 1 saturated heterocycles. The van der Waals surface area contributed by atoms with E-state index < -0.39 is 0 Å². The largest absolute Gasteiger partial charge is 0.369 e. The van der Waals surface area contributed by atoms with Crippen LogP contribution in [-0.2, 0) is 6.54 Å². The maximum absolute atomic E-state index is 13.4. The van der Waals surface area contributed by atoms with Gasteiger partial charge in [-0.15, -0.1) is 0 Å². The molecule has 202 valence electrons. The number of aromatic nitrogens is 1. The van der Waals surface area contributed by atoms with Crippen LogP contribution in [0.25, 0.3) is 0 Å². The normalized spacial score (nSPS) is 17.6. The smallest absolute Gasteiger partial charge is 0.256 e. The Balaban J connectivity index is 1.33. The van der Waals surface area contributed by atoms with Gasteiger partial charge in [-0.25, -0.2) is 0 Å². The van der Waals surface area contributed by atoms with Gasteiger partial charge in [0.1, 0.15) is 0 Å². The Morgan fingerprint density at radius 1 is 0.850 bits per heavy atom. The molecule has 0 radical (unpaired) electrons. The topological polar surface area (TPSA) is 83.4 Å². The van der Waals surface area contributed by atoms with E-state index in [0.717, 1.165) is 24.3 Å². The van der Waals surface area contributed by atoms with E-state index in [1.807, 2.05) is 41.0 Å². The number of carbonyl (C=O) groups excluding carboxylic acids is 2. The molecular formula is C31H26BrClN4O3. The second kappa shape index (κ2) is 10.9. The summed E-state index contributed by atoms with van der Waals surface area (Å²) in [5.41, 5.74) is 4.00. The predicted octanol–water partition coefficient (Wildman–Crippen LogP) is 6.39. The quantitative estimate of drug-likeness (QED) is 0.272. The molecule has 2 aliphatic heterocycles. The van der Waals surface area contributed by atoms with Crippen LogP contribution in [0.2, 0.25) is 5.02 Å². The summed E-state index contributed by atoms with van der Waals surface area (Å²) in [6.45, 7) is 2.11. The minimum atomic E-state index is -0.297. The first kappa shape index (κ1) is 26.3. The second-order valence-corrected chi connectivity index (χ2v) is 11.5. The van der Waals surface area contributed by atoms with Crippen molar-refractivity contribution in [3.05, 3.63) is 122 Å². The first-order valence-corrected chi connectivity index (χ1v) is 14.2. The van der Waals surface area contributed by atoms with Crippen LogP contribution < -0.4 is 21.1 Å². The zero-order valence-electron chi connectivity index (χ0n) is 21.4. The van der Waals surface area contributed by atoms with Gasteiger partial charge in [-0.05, 0) is 88.9 Å². The van der Waals surface area contributed by atoms with Crippen molar-refractivity contribution in [2.24, 2.45) is 5.92 Å². The number of pyridine rings is 1. The number of benzene rings is 3. The van der Waals surface area contributed by atoms with Crippen molar-refractivity contribution in [2.75, 3.05) is 28.6 Å². The molecule has 1 fully saturated rings. The van der Waals surface area contributed by atoms with Crippen molar-refractivity contribution < 1.29 is 9.59 Å². The fourth-order valence-electron chi connectivity index (χ4n) is 5.72. The summed E-state index contributed by atoms with van der Waals surface area (Å²) < 4.78 is 2.58. The lowest BCUT2D eigenvalue weighted by Gasteiger charge is -2.44. The van der Waals surface area contributed by atoms with Crippen LogP contribution in [-0.4, -0.2) is 29.5 Å². The number of halogens is 2. The Morgan fingerprint density at radius 2 is 1.65 bits per heavy atom. The van der Waals surface area contributed by atoms with Crippen LogP contribution in [0.4, 0.5) is 17.1 Å². The number of fused-ring (bicyclic) bond motifs is 4. The van der Waals surface area contributed by atoms with E-state index in [1.165, 1.54) is 0 Å². The van der Waals surface area contributed by atoms with Crippen molar-refractivity contribution in [3.8, 4) is 0 Å². The average Bonchev–Trinajstić information content (AvgIpc) is 2.95. The molecule has 2 aliphatic rings. The molecule has 3 aromatic carbocycles. The Kier molecular flexibility index (Phi) is 7.21. The fraction of sp³-hybridized carbons (Fsp3) is 0.194. The zero-order chi connectivity index (χ0) is 27.8. The highest BCUT2D eigenvalue weighted by Crippen LogP contribution is 2.39. The maximum atomic E-state index is 13.4. The van der Waals surface area contributed by atoms with Gasteiger partial charge in [0.25, 0.3) is 17.4 Å². The lowest BCUT2D eigenvalue weighted by molar-refractivity contribution is 0.101. The average molecular weight is 618 g/mol. The van der Waals surface area contributed by atoms with Crippen LogP contribution in [0, 0.1) is 5.92 Å². The van der Waals surface area contributed by atoms with Gasteiger partial charge >= 0.3 is 0 Å². The monoisotopic (exact) mass is 616 g/mol. The summed E-state index contributed by atoms with van der Waals surface area (Å²) in [5, 5.41) is 6.53. The lowest BCUT2D eigenvalue weighted by atomic mass is 9.83. The van der Waals surface area contributed by atoms with Gasteiger partial charge in [0.15, 0.2) is 0 Å². The van der Waals surface area contributed by atoms with Gasteiger partial charge < -0.3 is 20.1 Å². The third kappa shape index (κ3) is 5.29. The van der Waals surface area contributed by atoms with Crippen molar-refractivity contribution in [3.63, 3.8) is 0 Å². The molecule has 2 amide bonds. The predicted molar refractivity (Wildman–Crippen MR) is 162 cm³/mol. The Hall–Kier alpha value is -3.88. The number of amides is 2. The second-order valence-electron chi connectivity index (χ2n) is 10.2. The molecule has 0 aliphatic carbocycles. The summed E-state index contributed by atoms with van der Waals surface area (Å²) in [7, 11) is 0. The van der Waals surface area contributed by atoms with Crippen LogP contribution in [0.5, 0.6) is 0 Å². The molecule has 40 heavy (non-hydrogen) atoms. The molecule has 2 atom stereocenters. The van der Waals surface area contributed by atoms with Gasteiger partial charge in [-0.1, -0.05) is 29.8 Å². The number of hydrogen-bond donors (Lipinski definition) is 2. The van der Waals surface area contributed by atoms with Gasteiger partial charge in [0.2, 0.25) is 0 Å². The highest BCUT2D eigenvalue weighted by atomic mass is 79.9. The number of anilines is 3. The third-order valence-corrected chi connectivity index (χ3v) is 8.49. The van der Waals surface area contributed by atoms with E-state index in [4.69, 9.17) is 11.6 Å². The zero-order valence-corrected chi connectivity index (χ0v) is 23.8. The molecule has 2 bridgehead atoms. The molecule has 6 rings (SSSR count). The number of hydrogen-bond acceptors (Lipinski definition) is 4. The lowest BCUT2D eigenvalue weighted by Crippen LogP contribution is -2.47. The van der Waals surface area contributed by atoms with Crippen LogP contribution in [0.15, 0.2) is 94.2 Å². The molecular weight excluding hydrogens is 592 g/mol. The number of nitrogens with one attached hydrogen (secondary N) is 2. The van der Waals surface area contributed by atoms with Crippen molar-refractivity contribution in [1.29, 1.82) is 0 Å². The summed E-state index contributed by atoms with van der Waals surface area (Å²) in [6.07, 6.45) is 1.01. The van der Waals surface area contributed by atoms with Gasteiger partial charge in [0.05, 0.1) is 16.9 Å². The molecule has 7 nitrogen and oxygen atoms in total. The van der Waals surface area contributed by atoms with Crippen molar-refractivity contribution in [1.82, 2.24) is 4.57 Å². The first-order chi connectivity index (χ1) is 19.4. The fourth-order valence-corrected chi connectivity index (χ4v) is 6.31. The van der Waals surface area contributed by atoms with Crippen LogP contribution >= 0.6 is 27.5 Å². The minimum Gasteiger partial charge on any atom is -0.369 e. The molecule has 0 unspecified atom stereocenters. The molecule has 3 heterocycles. The summed E-state index contributed by atoms with van der Waals surface area (Å²) in [4.78, 5) is 41.3. The van der Waals surface area contributed by atoms with E-state index in [0.29, 0.717) is 51.0 Å². The number of piperidine rings is 1. The Bertz CT molecular complexity index is 1670. The highest BCUT2D eigenvalue weighted by Gasteiger charge is 2.35. The van der Waals surface area contributed by atoms with E-state index in [-0.39, 0.29) is 23.3 Å². The van der Waals surface area contributed by atoms with E-state index in [2.05, 4.69) is 31.5 Å². The summed E-state index contributed by atoms with van der Waals surface area (Å²) in [6, 6.07) is 25.0. The van der Waals surface area contributed by atoms with Crippen molar-refractivity contribution >= 4 is 56.4 Å². The molecule has 0 saturated carbocycles. The molecule has 0 spiro atoms. The first-order valence-electron chi connectivity index (χ1n) is 13.1. The number of carbonyl (C=O) groups is 2. The maximum Gasteiger partial charge on any atom is 0.256 e. The Morgan fingerprint density at radius 3 is 2.45 bits per heavy atom. The van der Waals surface area contributed by atoms with Crippen LogP contribution in [0.1, 0.15) is 38.7 Å². The van der Waals surface area contributed by atoms with Gasteiger partial charge in [-0.3, -0.25) is 14.4 Å². The number of nitrogens with zero attached hydrogens (tertiary/aromatic N) is 2.